The molecular weight excluding hydrogens is 380 g/mol. The highest BCUT2D eigenvalue weighted by Crippen LogP contribution is 2.31. The molecule has 8 heteroatoms. The molecule has 0 radical (unpaired) electrons. The van der Waals surface area contributed by atoms with Crippen LogP contribution >= 0.6 is 0 Å². The number of nitrogens with zero attached hydrogens (tertiary/aromatic N) is 5. The lowest BCUT2D eigenvalue weighted by atomic mass is 10.1. The number of nitrogens with one attached hydrogen (secondary N) is 1. The van der Waals surface area contributed by atoms with E-state index in [-0.39, 0.29) is 24.3 Å². The fourth-order valence-corrected chi connectivity index (χ4v) is 4.19. The van der Waals surface area contributed by atoms with E-state index < -0.39 is 0 Å². The van der Waals surface area contributed by atoms with Crippen LogP contribution in [0.4, 0.5) is 17.3 Å². The molecule has 0 aliphatic carbocycles. The van der Waals surface area contributed by atoms with E-state index in [1.165, 1.54) is 0 Å². The van der Waals surface area contributed by atoms with Crippen LogP contribution < -0.4 is 15.1 Å². The molecule has 1 aromatic carbocycles. The number of carbonyl (C=O) groups is 2. The maximum Gasteiger partial charge on any atom is 0.241 e. The van der Waals surface area contributed by atoms with Crippen molar-refractivity contribution in [1.29, 1.82) is 0 Å². The van der Waals surface area contributed by atoms with Gasteiger partial charge in [0.25, 0.3) is 0 Å². The van der Waals surface area contributed by atoms with Crippen molar-refractivity contribution in [3.8, 4) is 0 Å². The van der Waals surface area contributed by atoms with Gasteiger partial charge in [0.1, 0.15) is 0 Å². The number of hydrogen-bond acceptors (Lipinski definition) is 6. The molecule has 2 aliphatic rings. The SMILES string of the molecule is Cc1cc(C)nc(N2CCN(CC(=O)N3c4ccccc4NC(=O)CC3C)CC2)n1. The summed E-state index contributed by atoms with van der Waals surface area (Å²) in [7, 11) is 0. The van der Waals surface area contributed by atoms with Crippen molar-refractivity contribution in [3.05, 3.63) is 41.7 Å². The van der Waals surface area contributed by atoms with E-state index in [9.17, 15) is 9.59 Å². The van der Waals surface area contributed by atoms with Crippen molar-refractivity contribution in [1.82, 2.24) is 14.9 Å². The summed E-state index contributed by atoms with van der Waals surface area (Å²) in [6.45, 7) is 9.31. The maximum atomic E-state index is 13.2. The number of aromatic nitrogens is 2. The highest BCUT2D eigenvalue weighted by molar-refractivity contribution is 6.04. The summed E-state index contributed by atoms with van der Waals surface area (Å²) < 4.78 is 0. The summed E-state index contributed by atoms with van der Waals surface area (Å²) in [6, 6.07) is 9.28. The van der Waals surface area contributed by atoms with Gasteiger partial charge in [-0.3, -0.25) is 14.5 Å². The Morgan fingerprint density at radius 2 is 1.77 bits per heavy atom. The molecule has 0 spiro atoms. The molecular formula is C22H28N6O2. The van der Waals surface area contributed by atoms with Crippen LogP contribution in [0.25, 0.3) is 0 Å². The summed E-state index contributed by atoms with van der Waals surface area (Å²) in [5, 5.41) is 2.91. The minimum atomic E-state index is -0.189. The molecule has 0 saturated carbocycles. The lowest BCUT2D eigenvalue weighted by Crippen LogP contribution is -2.51. The second kappa shape index (κ2) is 8.39. The van der Waals surface area contributed by atoms with Crippen molar-refractivity contribution in [2.24, 2.45) is 0 Å². The third-order valence-electron chi connectivity index (χ3n) is 5.61. The fraction of sp³-hybridized carbons (Fsp3) is 0.455. The number of piperazine rings is 1. The van der Waals surface area contributed by atoms with E-state index in [1.54, 1.807) is 4.90 Å². The number of rotatable bonds is 3. The van der Waals surface area contributed by atoms with Gasteiger partial charge in [-0.05, 0) is 39.0 Å². The third kappa shape index (κ3) is 4.28. The fourth-order valence-electron chi connectivity index (χ4n) is 4.19. The minimum absolute atomic E-state index is 0.0163. The minimum Gasteiger partial charge on any atom is -0.338 e. The summed E-state index contributed by atoms with van der Waals surface area (Å²) in [5.41, 5.74) is 3.39. The zero-order chi connectivity index (χ0) is 21.3. The van der Waals surface area contributed by atoms with Crippen LogP contribution in [-0.2, 0) is 9.59 Å². The Kier molecular flexibility index (Phi) is 5.67. The predicted octanol–water partition coefficient (Wildman–Crippen LogP) is 1.98. The first-order valence-corrected chi connectivity index (χ1v) is 10.4. The molecule has 30 heavy (non-hydrogen) atoms. The van der Waals surface area contributed by atoms with E-state index >= 15 is 0 Å². The molecule has 3 heterocycles. The van der Waals surface area contributed by atoms with Gasteiger partial charge in [-0.15, -0.1) is 0 Å². The van der Waals surface area contributed by atoms with Crippen LogP contribution in [0.1, 0.15) is 24.7 Å². The zero-order valence-electron chi connectivity index (χ0n) is 17.8. The first-order valence-electron chi connectivity index (χ1n) is 10.4. The second-order valence-corrected chi connectivity index (χ2v) is 8.10. The number of fused-ring (bicyclic) bond motifs is 1. The van der Waals surface area contributed by atoms with Gasteiger partial charge in [-0.1, -0.05) is 12.1 Å². The van der Waals surface area contributed by atoms with Gasteiger partial charge >= 0.3 is 0 Å². The van der Waals surface area contributed by atoms with Crippen molar-refractivity contribution >= 4 is 29.1 Å². The molecule has 2 aromatic rings. The molecule has 1 saturated heterocycles. The van der Waals surface area contributed by atoms with Gasteiger partial charge in [0.05, 0.1) is 17.9 Å². The topological polar surface area (TPSA) is 81.7 Å². The second-order valence-electron chi connectivity index (χ2n) is 8.10. The number of para-hydroxylation sites is 2. The van der Waals surface area contributed by atoms with Gasteiger partial charge in [-0.2, -0.15) is 0 Å². The smallest absolute Gasteiger partial charge is 0.241 e. The number of carbonyl (C=O) groups excluding carboxylic acids is 2. The van der Waals surface area contributed by atoms with Crippen molar-refractivity contribution in [2.75, 3.05) is 47.8 Å². The molecule has 1 aromatic heterocycles. The normalized spacial score (nSPS) is 19.8. The number of benzene rings is 1. The Hall–Kier alpha value is -3.00. The molecule has 158 valence electrons. The third-order valence-corrected chi connectivity index (χ3v) is 5.61. The Morgan fingerprint density at radius 3 is 2.47 bits per heavy atom. The summed E-state index contributed by atoms with van der Waals surface area (Å²) in [4.78, 5) is 40.6. The first kappa shape index (κ1) is 20.3. The maximum absolute atomic E-state index is 13.2. The van der Waals surface area contributed by atoms with Crippen LogP contribution in [0.15, 0.2) is 30.3 Å². The Morgan fingerprint density at radius 1 is 1.10 bits per heavy atom. The van der Waals surface area contributed by atoms with Crippen LogP contribution in [0.3, 0.4) is 0 Å². The van der Waals surface area contributed by atoms with Gasteiger partial charge in [0.2, 0.25) is 17.8 Å². The molecule has 8 nitrogen and oxygen atoms in total. The molecule has 2 amide bonds. The van der Waals surface area contributed by atoms with Crippen LogP contribution in [0.5, 0.6) is 0 Å². The predicted molar refractivity (Wildman–Crippen MR) is 117 cm³/mol. The Bertz CT molecular complexity index is 934. The zero-order valence-corrected chi connectivity index (χ0v) is 17.8. The molecule has 4 rings (SSSR count). The molecule has 1 fully saturated rings. The van der Waals surface area contributed by atoms with E-state index in [1.807, 2.05) is 51.1 Å². The van der Waals surface area contributed by atoms with Gasteiger partial charge < -0.3 is 15.1 Å². The van der Waals surface area contributed by atoms with E-state index in [0.717, 1.165) is 49.2 Å². The molecule has 2 aliphatic heterocycles. The molecule has 0 bridgehead atoms. The molecule has 1 atom stereocenters. The lowest BCUT2D eigenvalue weighted by Gasteiger charge is -2.36. The number of aryl methyl sites for hydroxylation is 2. The largest absolute Gasteiger partial charge is 0.338 e. The standard InChI is InChI=1S/C22H28N6O2/c1-15-12-16(2)24-22(23-15)27-10-8-26(9-11-27)14-21(30)28-17(3)13-20(29)25-18-6-4-5-7-19(18)28/h4-7,12,17H,8-11,13-14H2,1-3H3,(H,25,29). The first-order chi connectivity index (χ1) is 14.4. The monoisotopic (exact) mass is 408 g/mol. The van der Waals surface area contributed by atoms with Gasteiger partial charge in [0, 0.05) is 50.0 Å². The van der Waals surface area contributed by atoms with Gasteiger partial charge in [-0.25, -0.2) is 9.97 Å². The van der Waals surface area contributed by atoms with E-state index in [4.69, 9.17) is 0 Å². The lowest BCUT2D eigenvalue weighted by molar-refractivity contribution is -0.120. The number of anilines is 3. The van der Waals surface area contributed by atoms with Crippen LogP contribution in [-0.4, -0.2) is 65.4 Å². The summed E-state index contributed by atoms with van der Waals surface area (Å²) in [6.07, 6.45) is 0.290. The Labute approximate surface area is 176 Å². The highest BCUT2D eigenvalue weighted by atomic mass is 16.2. The summed E-state index contributed by atoms with van der Waals surface area (Å²) >= 11 is 0. The van der Waals surface area contributed by atoms with Gasteiger partial charge in [0.15, 0.2) is 0 Å². The number of hydrogen-bond donors (Lipinski definition) is 1. The molecule has 1 N–H and O–H groups in total. The number of amides is 2. The summed E-state index contributed by atoms with van der Waals surface area (Å²) in [5.74, 6) is 0.716. The van der Waals surface area contributed by atoms with Crippen LogP contribution in [0, 0.1) is 13.8 Å². The average Bonchev–Trinajstić information content (AvgIpc) is 2.82. The molecule has 1 unspecified atom stereocenters. The average molecular weight is 409 g/mol. The van der Waals surface area contributed by atoms with Crippen molar-refractivity contribution in [3.63, 3.8) is 0 Å². The van der Waals surface area contributed by atoms with Crippen molar-refractivity contribution < 1.29 is 9.59 Å². The Balaban J connectivity index is 1.43. The van der Waals surface area contributed by atoms with Crippen molar-refractivity contribution in [2.45, 2.75) is 33.2 Å². The van der Waals surface area contributed by atoms with E-state index in [2.05, 4.69) is 25.1 Å². The highest BCUT2D eigenvalue weighted by Gasteiger charge is 2.31. The van der Waals surface area contributed by atoms with Crippen LogP contribution in [0.2, 0.25) is 0 Å². The quantitative estimate of drug-likeness (QED) is 0.836. The van der Waals surface area contributed by atoms with E-state index in [0.29, 0.717) is 12.2 Å².